The van der Waals surface area contributed by atoms with Crippen LogP contribution < -0.4 is 5.32 Å². The van der Waals surface area contributed by atoms with E-state index in [0.717, 1.165) is 49.8 Å². The number of benzene rings is 1. The molecule has 3 heterocycles. The van der Waals surface area contributed by atoms with Gasteiger partial charge in [0.05, 0.1) is 11.2 Å². The quantitative estimate of drug-likeness (QED) is 0.681. The van der Waals surface area contributed by atoms with Crippen molar-refractivity contribution < 1.29 is 9.53 Å². The molecule has 2 aromatic rings. The van der Waals surface area contributed by atoms with Crippen LogP contribution in [0.2, 0.25) is 0 Å². The van der Waals surface area contributed by atoms with Gasteiger partial charge in [-0.05, 0) is 72.4 Å². The van der Waals surface area contributed by atoms with E-state index < -0.39 is 0 Å². The standard InChI is InChI=1S/C23H30BrN3O2/c1-27-12-14(13-29-23(28)19-7-3-2-4-9-25-19)10-16-15-6-5-8-18-21(15)17(11-20(16)27)22(24)26-18/h5-6,8,14,16,19-20,25-26H,2-4,7,9-13H2,1H3/t14?,16-,19?,20-/m0/s1. The zero-order valence-electron chi connectivity index (χ0n) is 17.0. The van der Waals surface area contributed by atoms with Crippen molar-refractivity contribution in [3.63, 3.8) is 0 Å². The Morgan fingerprint density at radius 2 is 2.21 bits per heavy atom. The number of carbonyl (C=O) groups excluding carboxylic acids is 1. The van der Waals surface area contributed by atoms with Gasteiger partial charge < -0.3 is 19.9 Å². The summed E-state index contributed by atoms with van der Waals surface area (Å²) >= 11 is 3.73. The molecule has 0 amide bonds. The van der Waals surface area contributed by atoms with Gasteiger partial charge in [0.2, 0.25) is 0 Å². The lowest BCUT2D eigenvalue weighted by Gasteiger charge is -2.45. The predicted octanol–water partition coefficient (Wildman–Crippen LogP) is 3.97. The average Bonchev–Trinajstić information content (AvgIpc) is 2.89. The summed E-state index contributed by atoms with van der Waals surface area (Å²) in [6.07, 6.45) is 6.53. The van der Waals surface area contributed by atoms with Crippen LogP contribution in [-0.2, 0) is 16.0 Å². The summed E-state index contributed by atoms with van der Waals surface area (Å²) in [6.45, 7) is 2.44. The van der Waals surface area contributed by atoms with E-state index in [1.165, 1.54) is 28.5 Å². The number of nitrogens with zero attached hydrogens (tertiary/aromatic N) is 1. The summed E-state index contributed by atoms with van der Waals surface area (Å²) in [5, 5.41) is 4.75. The van der Waals surface area contributed by atoms with Crippen molar-refractivity contribution in [2.45, 2.75) is 56.5 Å². The van der Waals surface area contributed by atoms with Crippen LogP contribution in [-0.4, -0.2) is 54.7 Å². The molecule has 4 atom stereocenters. The summed E-state index contributed by atoms with van der Waals surface area (Å²) in [6, 6.07) is 7.01. The summed E-state index contributed by atoms with van der Waals surface area (Å²) in [5.74, 6) is 0.821. The van der Waals surface area contributed by atoms with E-state index >= 15 is 0 Å². The molecule has 3 aliphatic rings. The van der Waals surface area contributed by atoms with Crippen molar-refractivity contribution >= 4 is 32.8 Å². The van der Waals surface area contributed by atoms with E-state index in [4.69, 9.17) is 4.74 Å². The van der Waals surface area contributed by atoms with E-state index in [1.807, 2.05) is 0 Å². The van der Waals surface area contributed by atoms with Crippen molar-refractivity contribution in [1.29, 1.82) is 0 Å². The van der Waals surface area contributed by atoms with Gasteiger partial charge in [0, 0.05) is 35.3 Å². The number of aromatic nitrogens is 1. The van der Waals surface area contributed by atoms with Crippen LogP contribution in [0, 0.1) is 5.92 Å². The molecule has 1 aliphatic carbocycles. The van der Waals surface area contributed by atoms with Crippen LogP contribution in [0.25, 0.3) is 10.9 Å². The predicted molar refractivity (Wildman–Crippen MR) is 118 cm³/mol. The molecule has 2 N–H and O–H groups in total. The number of H-pyrrole nitrogens is 1. The molecule has 0 bridgehead atoms. The number of hydrogen-bond acceptors (Lipinski definition) is 4. The zero-order valence-corrected chi connectivity index (χ0v) is 18.6. The van der Waals surface area contributed by atoms with Gasteiger partial charge in [0.1, 0.15) is 6.04 Å². The number of halogens is 1. The monoisotopic (exact) mass is 459 g/mol. The van der Waals surface area contributed by atoms with Gasteiger partial charge in [-0.25, -0.2) is 0 Å². The number of rotatable bonds is 3. The smallest absolute Gasteiger partial charge is 0.323 e. The normalized spacial score (nSPS) is 30.0. The maximum atomic E-state index is 12.6. The lowest BCUT2D eigenvalue weighted by Crippen LogP contribution is -2.49. The average molecular weight is 460 g/mol. The number of piperidine rings is 1. The van der Waals surface area contributed by atoms with Gasteiger partial charge in [-0.3, -0.25) is 4.79 Å². The highest BCUT2D eigenvalue weighted by molar-refractivity contribution is 9.10. The molecule has 5 nitrogen and oxygen atoms in total. The van der Waals surface area contributed by atoms with Crippen LogP contribution in [0.3, 0.4) is 0 Å². The molecule has 2 aliphatic heterocycles. The zero-order chi connectivity index (χ0) is 20.0. The fraction of sp³-hybridized carbons (Fsp3) is 0.609. The maximum absolute atomic E-state index is 12.6. The fourth-order valence-electron chi connectivity index (χ4n) is 5.75. The SMILES string of the molecule is CN1CC(COC(=O)C2CCCCCN2)C[C@H]2c3cccc4[nH]c(Br)c(c34)C[C@@H]21. The first-order chi connectivity index (χ1) is 14.1. The first-order valence-corrected chi connectivity index (χ1v) is 11.8. The first-order valence-electron chi connectivity index (χ1n) is 11.0. The van der Waals surface area contributed by atoms with Crippen LogP contribution in [0.5, 0.6) is 0 Å². The third kappa shape index (κ3) is 3.64. The third-order valence-electron chi connectivity index (χ3n) is 7.19. The molecule has 2 saturated heterocycles. The van der Waals surface area contributed by atoms with Crippen molar-refractivity contribution in [1.82, 2.24) is 15.2 Å². The van der Waals surface area contributed by atoms with Gasteiger partial charge in [0.25, 0.3) is 0 Å². The number of likely N-dealkylation sites (N-methyl/N-ethyl adjacent to an activating group) is 1. The minimum atomic E-state index is -0.116. The van der Waals surface area contributed by atoms with Crippen LogP contribution in [0.15, 0.2) is 22.8 Å². The van der Waals surface area contributed by atoms with Gasteiger partial charge in [0.15, 0.2) is 0 Å². The Labute approximate surface area is 180 Å². The minimum absolute atomic E-state index is 0.0562. The Bertz CT molecular complexity index is 903. The number of aromatic amines is 1. The molecule has 6 heteroatoms. The Balaban J connectivity index is 1.31. The second-order valence-corrected chi connectivity index (χ2v) is 9.89. The number of nitrogens with one attached hydrogen (secondary N) is 2. The highest BCUT2D eigenvalue weighted by Gasteiger charge is 2.40. The van der Waals surface area contributed by atoms with E-state index in [1.54, 1.807) is 0 Å². The first kappa shape index (κ1) is 19.6. The van der Waals surface area contributed by atoms with Gasteiger partial charge >= 0.3 is 5.97 Å². The van der Waals surface area contributed by atoms with Crippen molar-refractivity contribution in [2.24, 2.45) is 5.92 Å². The highest BCUT2D eigenvalue weighted by atomic mass is 79.9. The Kier molecular flexibility index (Phi) is 5.43. The van der Waals surface area contributed by atoms with Gasteiger partial charge in [-0.1, -0.05) is 25.0 Å². The molecule has 0 radical (unpaired) electrons. The van der Waals surface area contributed by atoms with Crippen molar-refractivity contribution in [2.75, 3.05) is 26.7 Å². The van der Waals surface area contributed by atoms with E-state index in [2.05, 4.69) is 56.4 Å². The van der Waals surface area contributed by atoms with Crippen LogP contribution in [0.4, 0.5) is 0 Å². The molecule has 5 rings (SSSR count). The lowest BCUT2D eigenvalue weighted by molar-refractivity contribution is -0.148. The molecule has 1 aromatic carbocycles. The molecule has 29 heavy (non-hydrogen) atoms. The number of likely N-dealkylation sites (tertiary alicyclic amines) is 1. The molecular weight excluding hydrogens is 430 g/mol. The van der Waals surface area contributed by atoms with E-state index in [9.17, 15) is 4.79 Å². The fourth-order valence-corrected chi connectivity index (χ4v) is 6.32. The second kappa shape index (κ2) is 8.05. The number of esters is 1. The minimum Gasteiger partial charge on any atom is -0.464 e. The van der Waals surface area contributed by atoms with Gasteiger partial charge in [-0.15, -0.1) is 0 Å². The van der Waals surface area contributed by atoms with Crippen molar-refractivity contribution in [3.8, 4) is 0 Å². The summed E-state index contributed by atoms with van der Waals surface area (Å²) in [4.78, 5) is 18.6. The summed E-state index contributed by atoms with van der Waals surface area (Å²) in [7, 11) is 2.23. The molecule has 1 aromatic heterocycles. The molecular formula is C23H30BrN3O2. The third-order valence-corrected chi connectivity index (χ3v) is 7.87. The Morgan fingerprint density at radius 3 is 3.10 bits per heavy atom. The Hall–Kier alpha value is -1.37. The van der Waals surface area contributed by atoms with Crippen LogP contribution in [0.1, 0.15) is 49.1 Å². The topological polar surface area (TPSA) is 57.4 Å². The summed E-state index contributed by atoms with van der Waals surface area (Å²) in [5.41, 5.74) is 4.08. The highest BCUT2D eigenvalue weighted by Crippen LogP contribution is 2.46. The van der Waals surface area contributed by atoms with E-state index in [0.29, 0.717) is 24.5 Å². The van der Waals surface area contributed by atoms with Crippen LogP contribution >= 0.6 is 15.9 Å². The summed E-state index contributed by atoms with van der Waals surface area (Å²) < 4.78 is 6.93. The Morgan fingerprint density at radius 1 is 1.31 bits per heavy atom. The number of ether oxygens (including phenoxy) is 1. The van der Waals surface area contributed by atoms with Crippen molar-refractivity contribution in [3.05, 3.63) is 33.9 Å². The second-order valence-electron chi connectivity index (χ2n) is 9.09. The molecule has 0 spiro atoms. The molecule has 0 saturated carbocycles. The molecule has 2 unspecified atom stereocenters. The number of carbonyl (C=O) groups is 1. The maximum Gasteiger partial charge on any atom is 0.323 e. The lowest BCUT2D eigenvalue weighted by atomic mass is 9.72. The number of hydrogen-bond donors (Lipinski definition) is 2. The molecule has 2 fully saturated rings. The van der Waals surface area contributed by atoms with E-state index in [-0.39, 0.29) is 12.0 Å². The molecule has 156 valence electrons. The largest absolute Gasteiger partial charge is 0.464 e. The van der Waals surface area contributed by atoms with Gasteiger partial charge in [-0.2, -0.15) is 0 Å². The number of fused-ring (bicyclic) bond motifs is 2.